The van der Waals surface area contributed by atoms with E-state index in [9.17, 15) is 0 Å². The van der Waals surface area contributed by atoms with E-state index in [2.05, 4.69) is 27.5 Å². The molecule has 0 bridgehead atoms. The summed E-state index contributed by atoms with van der Waals surface area (Å²) in [6.45, 7) is 4.41. The summed E-state index contributed by atoms with van der Waals surface area (Å²) >= 11 is 3.27. The maximum absolute atomic E-state index is 3.97. The van der Waals surface area contributed by atoms with Gasteiger partial charge in [-0.15, -0.1) is 6.58 Å². The van der Waals surface area contributed by atoms with Gasteiger partial charge in [-0.05, 0) is 15.9 Å². The number of hydrogen-bond donors (Lipinski definition) is 0. The molecule has 0 amide bonds. The van der Waals surface area contributed by atoms with Gasteiger partial charge in [-0.25, -0.2) is 4.98 Å². The molecular formula is C6H7BrN2. The predicted molar refractivity (Wildman–Crippen MR) is 40.1 cm³/mol. The van der Waals surface area contributed by atoms with Crippen LogP contribution < -0.4 is 0 Å². The normalized spacial score (nSPS) is 9.44. The minimum Gasteiger partial charge on any atom is -0.322 e. The van der Waals surface area contributed by atoms with Crippen LogP contribution in [0.4, 0.5) is 0 Å². The zero-order chi connectivity index (χ0) is 6.69. The van der Waals surface area contributed by atoms with Gasteiger partial charge in [0.2, 0.25) is 0 Å². The molecule has 0 fully saturated rings. The third kappa shape index (κ3) is 1.42. The number of halogens is 1. The van der Waals surface area contributed by atoms with Gasteiger partial charge in [-0.1, -0.05) is 6.08 Å². The van der Waals surface area contributed by atoms with E-state index >= 15 is 0 Å². The Balaban J connectivity index is 2.80. The molecule has 0 unspecified atom stereocenters. The van der Waals surface area contributed by atoms with Crippen molar-refractivity contribution in [1.82, 2.24) is 9.55 Å². The molecule has 1 rings (SSSR count). The fraction of sp³-hybridized carbons (Fsp3) is 0.167. The van der Waals surface area contributed by atoms with Gasteiger partial charge in [-0.2, -0.15) is 0 Å². The first-order valence-corrected chi connectivity index (χ1v) is 3.41. The largest absolute Gasteiger partial charge is 0.322 e. The van der Waals surface area contributed by atoms with E-state index in [1.807, 2.05) is 16.8 Å². The number of allylic oxidation sites excluding steroid dienone is 1. The third-order valence-electron chi connectivity index (χ3n) is 0.990. The minimum absolute atomic E-state index is 0.806. The van der Waals surface area contributed by atoms with Gasteiger partial charge in [0.05, 0.1) is 0 Å². The van der Waals surface area contributed by atoms with Crippen LogP contribution in [-0.4, -0.2) is 9.55 Å². The second-order valence-corrected chi connectivity index (χ2v) is 2.35. The Morgan fingerprint density at radius 1 is 1.89 bits per heavy atom. The molecule has 0 saturated carbocycles. The summed E-state index contributed by atoms with van der Waals surface area (Å²) in [6.07, 6.45) is 5.46. The molecule has 48 valence electrons. The highest BCUT2D eigenvalue weighted by Crippen LogP contribution is 2.04. The Hall–Kier alpha value is -0.570. The third-order valence-corrected chi connectivity index (χ3v) is 1.65. The highest BCUT2D eigenvalue weighted by atomic mass is 79.9. The molecule has 0 atom stereocenters. The molecule has 1 aromatic heterocycles. The van der Waals surface area contributed by atoms with E-state index in [-0.39, 0.29) is 0 Å². The molecule has 0 spiro atoms. The second-order valence-electron chi connectivity index (χ2n) is 1.64. The van der Waals surface area contributed by atoms with Crippen LogP contribution >= 0.6 is 15.9 Å². The van der Waals surface area contributed by atoms with E-state index in [4.69, 9.17) is 0 Å². The summed E-state index contributed by atoms with van der Waals surface area (Å²) in [5.74, 6) is 0. The van der Waals surface area contributed by atoms with Gasteiger partial charge < -0.3 is 4.57 Å². The summed E-state index contributed by atoms with van der Waals surface area (Å²) in [4.78, 5) is 3.97. The second kappa shape index (κ2) is 2.82. The Morgan fingerprint density at radius 2 is 2.67 bits per heavy atom. The van der Waals surface area contributed by atoms with E-state index in [0.29, 0.717) is 0 Å². The van der Waals surface area contributed by atoms with Gasteiger partial charge in [-0.3, -0.25) is 0 Å². The van der Waals surface area contributed by atoms with Crippen molar-refractivity contribution in [3.05, 3.63) is 29.8 Å². The summed E-state index contributed by atoms with van der Waals surface area (Å²) in [6, 6.07) is 0. The van der Waals surface area contributed by atoms with E-state index in [1.165, 1.54) is 0 Å². The Kier molecular flexibility index (Phi) is 2.05. The topological polar surface area (TPSA) is 17.8 Å². The van der Waals surface area contributed by atoms with Crippen molar-refractivity contribution < 1.29 is 0 Å². The lowest BCUT2D eigenvalue weighted by atomic mass is 10.6. The Morgan fingerprint density at radius 3 is 3.11 bits per heavy atom. The van der Waals surface area contributed by atoms with Crippen LogP contribution in [-0.2, 0) is 6.54 Å². The molecule has 0 radical (unpaired) electrons. The smallest absolute Gasteiger partial charge is 0.177 e. The maximum atomic E-state index is 3.97. The van der Waals surface area contributed by atoms with Crippen molar-refractivity contribution in [3.63, 3.8) is 0 Å². The van der Waals surface area contributed by atoms with Crippen molar-refractivity contribution in [2.24, 2.45) is 0 Å². The maximum Gasteiger partial charge on any atom is 0.177 e. The Bertz CT molecular complexity index is 205. The lowest BCUT2D eigenvalue weighted by Crippen LogP contribution is -1.91. The van der Waals surface area contributed by atoms with Gasteiger partial charge in [0, 0.05) is 18.9 Å². The molecule has 0 aliphatic rings. The van der Waals surface area contributed by atoms with Crippen molar-refractivity contribution in [2.45, 2.75) is 6.54 Å². The molecule has 9 heavy (non-hydrogen) atoms. The molecule has 1 heterocycles. The summed E-state index contributed by atoms with van der Waals surface area (Å²) < 4.78 is 2.80. The van der Waals surface area contributed by atoms with Crippen LogP contribution in [0.5, 0.6) is 0 Å². The van der Waals surface area contributed by atoms with Crippen molar-refractivity contribution in [1.29, 1.82) is 0 Å². The van der Waals surface area contributed by atoms with E-state index < -0.39 is 0 Å². The number of hydrogen-bond acceptors (Lipinski definition) is 1. The monoisotopic (exact) mass is 186 g/mol. The van der Waals surface area contributed by atoms with Crippen LogP contribution in [0.2, 0.25) is 0 Å². The molecule has 0 aliphatic carbocycles. The Labute approximate surface area is 62.3 Å². The summed E-state index contributed by atoms with van der Waals surface area (Å²) in [7, 11) is 0. The van der Waals surface area contributed by atoms with Crippen molar-refractivity contribution in [2.75, 3.05) is 0 Å². The lowest BCUT2D eigenvalue weighted by Gasteiger charge is -1.94. The van der Waals surface area contributed by atoms with Gasteiger partial charge in [0.1, 0.15) is 0 Å². The van der Waals surface area contributed by atoms with E-state index in [0.717, 1.165) is 11.3 Å². The van der Waals surface area contributed by atoms with Gasteiger partial charge in [0.25, 0.3) is 0 Å². The van der Waals surface area contributed by atoms with Crippen LogP contribution in [0.1, 0.15) is 0 Å². The number of imidazole rings is 1. The molecule has 3 heteroatoms. The quantitative estimate of drug-likeness (QED) is 0.645. The lowest BCUT2D eigenvalue weighted by molar-refractivity contribution is 0.797. The highest BCUT2D eigenvalue weighted by molar-refractivity contribution is 9.10. The molecule has 0 N–H and O–H groups in total. The predicted octanol–water partition coefficient (Wildman–Crippen LogP) is 1.83. The molecular weight excluding hydrogens is 180 g/mol. The van der Waals surface area contributed by atoms with Crippen LogP contribution in [0.15, 0.2) is 29.8 Å². The molecule has 0 aliphatic heterocycles. The van der Waals surface area contributed by atoms with Gasteiger partial charge >= 0.3 is 0 Å². The number of aromatic nitrogens is 2. The first-order valence-electron chi connectivity index (χ1n) is 2.62. The first kappa shape index (κ1) is 6.55. The molecule has 2 nitrogen and oxygen atoms in total. The first-order chi connectivity index (χ1) is 4.34. The fourth-order valence-corrected chi connectivity index (χ4v) is 0.967. The summed E-state index contributed by atoms with van der Waals surface area (Å²) in [5.41, 5.74) is 0. The minimum atomic E-state index is 0.806. The average Bonchev–Trinajstić information content (AvgIpc) is 2.18. The number of rotatable bonds is 2. The van der Waals surface area contributed by atoms with E-state index in [1.54, 1.807) is 6.20 Å². The van der Waals surface area contributed by atoms with Crippen molar-refractivity contribution in [3.8, 4) is 0 Å². The van der Waals surface area contributed by atoms with Crippen LogP contribution in [0, 0.1) is 0 Å². The van der Waals surface area contributed by atoms with Gasteiger partial charge in [0.15, 0.2) is 4.73 Å². The summed E-state index contributed by atoms with van der Waals surface area (Å²) in [5, 5.41) is 0. The van der Waals surface area contributed by atoms with Crippen molar-refractivity contribution >= 4 is 15.9 Å². The van der Waals surface area contributed by atoms with Crippen LogP contribution in [0.25, 0.3) is 0 Å². The zero-order valence-electron chi connectivity index (χ0n) is 4.92. The standard InChI is InChI=1S/C6H7BrN2/c1-2-4-9-5-3-8-6(9)7/h2-3,5H,1,4H2. The zero-order valence-corrected chi connectivity index (χ0v) is 6.50. The van der Waals surface area contributed by atoms with Crippen LogP contribution in [0.3, 0.4) is 0 Å². The number of nitrogens with zero attached hydrogens (tertiary/aromatic N) is 2. The molecule has 0 aromatic carbocycles. The SMILES string of the molecule is C=CCn1ccnc1Br. The molecule has 0 saturated heterocycles. The molecule has 1 aromatic rings. The fourth-order valence-electron chi connectivity index (χ4n) is 0.586. The average molecular weight is 187 g/mol. The highest BCUT2D eigenvalue weighted by Gasteiger charge is 1.92.